The van der Waals surface area contributed by atoms with Gasteiger partial charge in [-0.05, 0) is 24.3 Å². The molecule has 1 aromatic carbocycles. The third kappa shape index (κ3) is 1.90. The van der Waals surface area contributed by atoms with Crippen molar-refractivity contribution in [2.45, 2.75) is 0 Å². The van der Waals surface area contributed by atoms with Crippen LogP contribution in [0.4, 0.5) is 5.69 Å². The number of allylic oxidation sites excluding steroid dienone is 2. The Hall–Kier alpha value is -3.54. The molecular formula is C18H12N6. The van der Waals surface area contributed by atoms with Crippen LogP contribution in [0.2, 0.25) is 0 Å². The van der Waals surface area contributed by atoms with Crippen LogP contribution in [0, 0.1) is 0 Å². The molecule has 0 saturated carbocycles. The quantitative estimate of drug-likeness (QED) is 0.688. The van der Waals surface area contributed by atoms with E-state index in [1.54, 1.807) is 18.6 Å². The number of para-hydroxylation sites is 1. The second kappa shape index (κ2) is 4.99. The smallest absolute Gasteiger partial charge is 0.181 e. The minimum Gasteiger partial charge on any atom is -0.256 e. The van der Waals surface area contributed by atoms with Crippen molar-refractivity contribution in [3.05, 3.63) is 78.8 Å². The molecule has 0 unspecified atom stereocenters. The number of aromatic nitrogens is 4. The summed E-state index contributed by atoms with van der Waals surface area (Å²) < 4.78 is 0. The van der Waals surface area contributed by atoms with Crippen molar-refractivity contribution in [3.8, 4) is 0 Å². The Labute approximate surface area is 138 Å². The highest BCUT2D eigenvalue weighted by Gasteiger charge is 2.26. The van der Waals surface area contributed by atoms with E-state index in [2.05, 4.69) is 43.2 Å². The molecular weight excluding hydrogens is 300 g/mol. The lowest BCUT2D eigenvalue weighted by atomic mass is 10.1. The second-order valence-electron chi connectivity index (χ2n) is 5.42. The zero-order valence-corrected chi connectivity index (χ0v) is 12.6. The van der Waals surface area contributed by atoms with Crippen LogP contribution < -0.4 is 5.01 Å². The Kier molecular flexibility index (Phi) is 2.69. The molecule has 2 aliphatic rings. The second-order valence-corrected chi connectivity index (χ2v) is 5.42. The first-order chi connectivity index (χ1) is 11.9. The topological polar surface area (TPSA) is 58.0 Å². The molecule has 3 aromatic rings. The van der Waals surface area contributed by atoms with Crippen LogP contribution in [-0.4, -0.2) is 24.9 Å². The lowest BCUT2D eigenvalue weighted by molar-refractivity contribution is 0.524. The van der Waals surface area contributed by atoms with E-state index >= 15 is 0 Å². The van der Waals surface area contributed by atoms with Gasteiger partial charge < -0.3 is 0 Å². The van der Waals surface area contributed by atoms with Gasteiger partial charge in [0.1, 0.15) is 11.2 Å². The predicted molar refractivity (Wildman–Crippen MR) is 92.0 cm³/mol. The fraction of sp³-hybridized carbons (Fsp3) is 0. The fourth-order valence-electron chi connectivity index (χ4n) is 2.89. The first-order valence-corrected chi connectivity index (χ1v) is 7.58. The maximum atomic E-state index is 4.58. The van der Waals surface area contributed by atoms with Crippen molar-refractivity contribution < 1.29 is 0 Å². The summed E-state index contributed by atoms with van der Waals surface area (Å²) in [5, 5.41) is 4.11. The third-order valence-electron chi connectivity index (χ3n) is 3.98. The number of fused-ring (bicyclic) bond motifs is 4. The molecule has 0 atom stereocenters. The van der Waals surface area contributed by atoms with Crippen molar-refractivity contribution in [2.75, 3.05) is 5.01 Å². The number of hydrazine groups is 1. The summed E-state index contributed by atoms with van der Waals surface area (Å²) in [5.74, 6) is 0.613. The predicted octanol–water partition coefficient (Wildman–Crippen LogP) is 3.00. The highest BCUT2D eigenvalue weighted by molar-refractivity contribution is 5.88. The molecule has 6 heteroatoms. The van der Waals surface area contributed by atoms with Crippen LogP contribution in [0.25, 0.3) is 22.9 Å². The van der Waals surface area contributed by atoms with Gasteiger partial charge in [0.15, 0.2) is 11.5 Å². The lowest BCUT2D eigenvalue weighted by Crippen LogP contribution is -2.37. The zero-order valence-electron chi connectivity index (χ0n) is 12.6. The van der Waals surface area contributed by atoms with E-state index in [-0.39, 0.29) is 0 Å². The normalized spacial score (nSPS) is 15.2. The van der Waals surface area contributed by atoms with Gasteiger partial charge in [0.05, 0.1) is 11.9 Å². The van der Waals surface area contributed by atoms with Gasteiger partial charge in [0.2, 0.25) is 0 Å². The van der Waals surface area contributed by atoms with E-state index in [1.807, 2.05) is 41.7 Å². The molecule has 0 spiro atoms. The molecule has 24 heavy (non-hydrogen) atoms. The van der Waals surface area contributed by atoms with E-state index < -0.39 is 0 Å². The molecule has 4 heterocycles. The van der Waals surface area contributed by atoms with Crippen molar-refractivity contribution in [3.63, 3.8) is 0 Å². The minimum atomic E-state index is 0.588. The average molecular weight is 312 g/mol. The summed E-state index contributed by atoms with van der Waals surface area (Å²) >= 11 is 0. The van der Waals surface area contributed by atoms with Crippen molar-refractivity contribution >= 4 is 28.6 Å². The number of benzene rings is 1. The van der Waals surface area contributed by atoms with Gasteiger partial charge >= 0.3 is 0 Å². The molecule has 114 valence electrons. The number of hydrogen-bond acceptors (Lipinski definition) is 6. The number of hydrogen-bond donors (Lipinski definition) is 0. The Morgan fingerprint density at radius 2 is 1.67 bits per heavy atom. The van der Waals surface area contributed by atoms with Crippen LogP contribution in [0.5, 0.6) is 0 Å². The molecule has 6 nitrogen and oxygen atoms in total. The summed E-state index contributed by atoms with van der Waals surface area (Å²) in [6.07, 6.45) is 15.1. The first-order valence-electron chi connectivity index (χ1n) is 7.58. The van der Waals surface area contributed by atoms with Gasteiger partial charge in [0, 0.05) is 30.4 Å². The van der Waals surface area contributed by atoms with E-state index in [9.17, 15) is 0 Å². The standard InChI is InChI=1S/C18H12N6/c1-2-6-15-13(5-1)11-16(24-10-4-3-9-23(15)24)18-21-12-14-17(22-18)20-8-7-19-14/h1-12H. The Morgan fingerprint density at radius 3 is 2.62 bits per heavy atom. The third-order valence-corrected chi connectivity index (χ3v) is 3.98. The highest BCUT2D eigenvalue weighted by atomic mass is 15.6. The molecule has 0 bridgehead atoms. The zero-order chi connectivity index (χ0) is 15.9. The largest absolute Gasteiger partial charge is 0.256 e. The summed E-state index contributed by atoms with van der Waals surface area (Å²) in [5.41, 5.74) is 4.39. The first kappa shape index (κ1) is 13.0. The minimum absolute atomic E-state index is 0.588. The van der Waals surface area contributed by atoms with Gasteiger partial charge in [-0.15, -0.1) is 0 Å². The van der Waals surface area contributed by atoms with Crippen molar-refractivity contribution in [2.24, 2.45) is 0 Å². The molecule has 0 fully saturated rings. The summed E-state index contributed by atoms with van der Waals surface area (Å²) in [7, 11) is 0. The van der Waals surface area contributed by atoms with Gasteiger partial charge in [-0.2, -0.15) is 0 Å². The molecule has 0 radical (unpaired) electrons. The van der Waals surface area contributed by atoms with E-state index in [4.69, 9.17) is 0 Å². The number of nitrogens with zero attached hydrogens (tertiary/aromatic N) is 6. The molecule has 0 amide bonds. The fourth-order valence-corrected chi connectivity index (χ4v) is 2.89. The average Bonchev–Trinajstić information content (AvgIpc) is 2.67. The molecule has 0 saturated heterocycles. The van der Waals surface area contributed by atoms with Crippen molar-refractivity contribution in [1.82, 2.24) is 24.9 Å². The Balaban J connectivity index is 1.72. The van der Waals surface area contributed by atoms with Gasteiger partial charge in [-0.3, -0.25) is 10.0 Å². The van der Waals surface area contributed by atoms with Crippen LogP contribution in [0.15, 0.2) is 67.4 Å². The monoisotopic (exact) mass is 312 g/mol. The van der Waals surface area contributed by atoms with Crippen LogP contribution in [0.3, 0.4) is 0 Å². The van der Waals surface area contributed by atoms with Gasteiger partial charge in [0.25, 0.3) is 0 Å². The maximum absolute atomic E-state index is 4.58. The van der Waals surface area contributed by atoms with E-state index in [0.717, 1.165) is 16.9 Å². The van der Waals surface area contributed by atoms with E-state index in [0.29, 0.717) is 17.0 Å². The molecule has 0 aliphatic carbocycles. The SMILES string of the molecule is C1=CN2C(c3ncc4nccnc4n3)=Cc3ccccc3N2C=C1. The Morgan fingerprint density at radius 1 is 0.833 bits per heavy atom. The number of rotatable bonds is 1. The van der Waals surface area contributed by atoms with Crippen LogP contribution >= 0.6 is 0 Å². The molecule has 0 N–H and O–H groups in total. The lowest BCUT2D eigenvalue weighted by Gasteiger charge is -2.39. The highest BCUT2D eigenvalue weighted by Crippen LogP contribution is 2.36. The molecule has 2 aromatic heterocycles. The summed E-state index contributed by atoms with van der Waals surface area (Å²) in [4.78, 5) is 17.6. The van der Waals surface area contributed by atoms with Gasteiger partial charge in [-0.25, -0.2) is 19.9 Å². The van der Waals surface area contributed by atoms with Crippen molar-refractivity contribution in [1.29, 1.82) is 0 Å². The summed E-state index contributed by atoms with van der Waals surface area (Å²) in [6, 6.07) is 8.23. The van der Waals surface area contributed by atoms with E-state index in [1.165, 1.54) is 0 Å². The molecule has 2 aliphatic heterocycles. The Bertz CT molecular complexity index is 1040. The number of anilines is 1. The maximum Gasteiger partial charge on any atom is 0.181 e. The molecule has 5 rings (SSSR count). The summed E-state index contributed by atoms with van der Waals surface area (Å²) in [6.45, 7) is 0. The van der Waals surface area contributed by atoms with Crippen LogP contribution in [-0.2, 0) is 0 Å². The van der Waals surface area contributed by atoms with Crippen LogP contribution in [0.1, 0.15) is 11.4 Å². The van der Waals surface area contributed by atoms with Gasteiger partial charge in [-0.1, -0.05) is 18.2 Å².